The number of carbonyl (C=O) groups excluding carboxylic acids is 3. The van der Waals surface area contributed by atoms with Gasteiger partial charge >= 0.3 is 17.9 Å². The van der Waals surface area contributed by atoms with E-state index in [0.29, 0.717) is 19.3 Å². The smallest absolute Gasteiger partial charge is 0.306 e. The molecule has 0 aliphatic carbocycles. The van der Waals surface area contributed by atoms with E-state index in [9.17, 15) is 14.4 Å². The molecular formula is C69H124O6. The highest BCUT2D eigenvalue weighted by molar-refractivity contribution is 5.71. The molecule has 436 valence electrons. The van der Waals surface area contributed by atoms with E-state index in [1.807, 2.05) is 0 Å². The minimum absolute atomic E-state index is 0.0755. The largest absolute Gasteiger partial charge is 0.462 e. The fraction of sp³-hybridized carbons (Fsp3) is 0.812. The highest BCUT2D eigenvalue weighted by Gasteiger charge is 2.19. The van der Waals surface area contributed by atoms with Crippen LogP contribution in [0.5, 0.6) is 0 Å². The van der Waals surface area contributed by atoms with Crippen LogP contribution in [-0.4, -0.2) is 37.2 Å². The molecule has 0 saturated carbocycles. The number of ether oxygens (including phenoxy) is 3. The van der Waals surface area contributed by atoms with E-state index in [1.54, 1.807) is 0 Å². The minimum Gasteiger partial charge on any atom is -0.462 e. The molecule has 6 nitrogen and oxygen atoms in total. The fourth-order valence-corrected chi connectivity index (χ4v) is 9.65. The van der Waals surface area contributed by atoms with Gasteiger partial charge < -0.3 is 14.2 Å². The quantitative estimate of drug-likeness (QED) is 0.0261. The number of unbranched alkanes of at least 4 members (excludes halogenated alkanes) is 39. The molecule has 0 aliphatic heterocycles. The van der Waals surface area contributed by atoms with E-state index < -0.39 is 6.10 Å². The summed E-state index contributed by atoms with van der Waals surface area (Å²) in [6, 6.07) is 0. The van der Waals surface area contributed by atoms with Gasteiger partial charge in [-0.05, 0) is 64.2 Å². The van der Waals surface area contributed by atoms with Crippen molar-refractivity contribution in [3.8, 4) is 0 Å². The van der Waals surface area contributed by atoms with Crippen molar-refractivity contribution in [3.63, 3.8) is 0 Å². The van der Waals surface area contributed by atoms with Crippen LogP contribution in [0.25, 0.3) is 0 Å². The Labute approximate surface area is 466 Å². The summed E-state index contributed by atoms with van der Waals surface area (Å²) >= 11 is 0. The summed E-state index contributed by atoms with van der Waals surface area (Å²) < 4.78 is 17.0. The van der Waals surface area contributed by atoms with Crippen LogP contribution in [0.15, 0.2) is 60.8 Å². The first kappa shape index (κ1) is 72.1. The average Bonchev–Trinajstić information content (AvgIpc) is 3.41. The summed E-state index contributed by atoms with van der Waals surface area (Å²) in [7, 11) is 0. The second-order valence-electron chi connectivity index (χ2n) is 22.0. The van der Waals surface area contributed by atoms with Gasteiger partial charge in [-0.25, -0.2) is 0 Å². The Morgan fingerprint density at radius 3 is 0.813 bits per heavy atom. The maximum absolute atomic E-state index is 12.9. The number of allylic oxidation sites excluding steroid dienone is 10. The lowest BCUT2D eigenvalue weighted by Crippen LogP contribution is -2.30. The third kappa shape index (κ3) is 61.8. The van der Waals surface area contributed by atoms with Crippen LogP contribution in [0.1, 0.15) is 342 Å². The van der Waals surface area contributed by atoms with Crippen LogP contribution in [0.2, 0.25) is 0 Å². The Hall–Kier alpha value is -2.89. The molecular weight excluding hydrogens is 925 g/mol. The van der Waals surface area contributed by atoms with Gasteiger partial charge in [-0.3, -0.25) is 14.4 Å². The first-order valence-electron chi connectivity index (χ1n) is 32.8. The van der Waals surface area contributed by atoms with Crippen LogP contribution >= 0.6 is 0 Å². The summed E-state index contributed by atoms with van der Waals surface area (Å²) in [6.07, 6.45) is 80.8. The molecule has 1 unspecified atom stereocenters. The Morgan fingerprint density at radius 2 is 0.520 bits per heavy atom. The van der Waals surface area contributed by atoms with Gasteiger partial charge in [0, 0.05) is 19.3 Å². The molecule has 1 atom stereocenters. The topological polar surface area (TPSA) is 78.9 Å². The summed E-state index contributed by atoms with van der Waals surface area (Å²) in [5, 5.41) is 0. The zero-order valence-corrected chi connectivity index (χ0v) is 50.1. The summed E-state index contributed by atoms with van der Waals surface area (Å²) in [5.74, 6) is -0.872. The van der Waals surface area contributed by atoms with E-state index in [-0.39, 0.29) is 31.1 Å². The molecule has 0 heterocycles. The lowest BCUT2D eigenvalue weighted by molar-refractivity contribution is -0.167. The number of carbonyl (C=O) groups is 3. The maximum atomic E-state index is 12.9. The van der Waals surface area contributed by atoms with E-state index in [1.165, 1.54) is 193 Å². The third-order valence-electron chi connectivity index (χ3n) is 14.5. The number of rotatable bonds is 60. The van der Waals surface area contributed by atoms with Crippen molar-refractivity contribution in [1.29, 1.82) is 0 Å². The van der Waals surface area contributed by atoms with Crippen LogP contribution in [0, 0.1) is 0 Å². The van der Waals surface area contributed by atoms with Crippen molar-refractivity contribution in [3.05, 3.63) is 60.8 Å². The molecule has 0 aliphatic rings. The molecule has 75 heavy (non-hydrogen) atoms. The number of esters is 3. The minimum atomic E-state index is -0.780. The van der Waals surface area contributed by atoms with Crippen molar-refractivity contribution in [2.45, 2.75) is 348 Å². The Morgan fingerprint density at radius 1 is 0.280 bits per heavy atom. The van der Waals surface area contributed by atoms with Crippen molar-refractivity contribution in [2.75, 3.05) is 13.2 Å². The van der Waals surface area contributed by atoms with Crippen molar-refractivity contribution < 1.29 is 28.6 Å². The standard InChI is InChI=1S/C69H124O6/c1-4-7-10-13-16-19-22-25-28-31-33-35-37-38-41-44-47-50-53-56-59-62-68(71)74-65-66(64-73-67(70)61-58-55-52-49-46-43-40-30-27-24-21-18-15-12-9-6-3)75-69(72)63-60-57-54-51-48-45-42-39-36-34-32-29-26-23-20-17-14-11-8-5-2/h7,10,16,19,25,28,33,35,38,41,66H,4-6,8-9,11-15,17-18,20-24,26-27,29-32,34,36-37,39-40,42-65H2,1-3H3/b10-7-,19-16-,28-25-,35-33-,41-38-. The van der Waals surface area contributed by atoms with Crippen LogP contribution < -0.4 is 0 Å². The molecule has 0 rings (SSSR count). The molecule has 0 saturated heterocycles. The van der Waals surface area contributed by atoms with Crippen LogP contribution in [0.4, 0.5) is 0 Å². The normalized spacial score (nSPS) is 12.4. The van der Waals surface area contributed by atoms with Gasteiger partial charge in [-0.2, -0.15) is 0 Å². The molecule has 0 aromatic heterocycles. The molecule has 0 aromatic carbocycles. The number of hydrogen-bond acceptors (Lipinski definition) is 6. The van der Waals surface area contributed by atoms with Crippen molar-refractivity contribution in [2.24, 2.45) is 0 Å². The Kier molecular flexibility index (Phi) is 61.2. The van der Waals surface area contributed by atoms with E-state index in [4.69, 9.17) is 14.2 Å². The monoisotopic (exact) mass is 1050 g/mol. The Balaban J connectivity index is 4.37. The number of hydrogen-bond donors (Lipinski definition) is 0. The lowest BCUT2D eigenvalue weighted by Gasteiger charge is -2.18. The molecule has 0 bridgehead atoms. The zero-order chi connectivity index (χ0) is 54.3. The molecule has 0 radical (unpaired) electrons. The third-order valence-corrected chi connectivity index (χ3v) is 14.5. The summed E-state index contributed by atoms with van der Waals surface area (Å²) in [6.45, 7) is 6.57. The van der Waals surface area contributed by atoms with E-state index >= 15 is 0 Å². The summed E-state index contributed by atoms with van der Waals surface area (Å²) in [4.78, 5) is 38.4. The first-order chi connectivity index (χ1) is 37.0. The molecule has 6 heteroatoms. The van der Waals surface area contributed by atoms with Gasteiger partial charge in [0.05, 0.1) is 0 Å². The van der Waals surface area contributed by atoms with E-state index in [0.717, 1.165) is 109 Å². The van der Waals surface area contributed by atoms with Gasteiger partial charge in [0.25, 0.3) is 0 Å². The van der Waals surface area contributed by atoms with Gasteiger partial charge in [0.2, 0.25) is 0 Å². The predicted molar refractivity (Wildman–Crippen MR) is 325 cm³/mol. The molecule has 0 fully saturated rings. The van der Waals surface area contributed by atoms with Gasteiger partial charge in [0.15, 0.2) is 6.10 Å². The van der Waals surface area contributed by atoms with Gasteiger partial charge in [-0.1, -0.05) is 319 Å². The predicted octanol–water partition coefficient (Wildman–Crippen LogP) is 22.3. The molecule has 0 amide bonds. The second-order valence-corrected chi connectivity index (χ2v) is 22.0. The van der Waals surface area contributed by atoms with Crippen molar-refractivity contribution in [1.82, 2.24) is 0 Å². The summed E-state index contributed by atoms with van der Waals surface area (Å²) in [5.41, 5.74) is 0. The Bertz CT molecular complexity index is 1340. The van der Waals surface area contributed by atoms with E-state index in [2.05, 4.69) is 81.5 Å². The first-order valence-corrected chi connectivity index (χ1v) is 32.8. The SMILES string of the molecule is CC/C=C\C/C=C\C/C=C\C/C=C\C/C=C\CCCCCCCC(=O)OCC(COC(=O)CCCCCCCCCCCCCCCCCC)OC(=O)CCCCCCCCCCCCCCCCCCCCCC. The highest BCUT2D eigenvalue weighted by atomic mass is 16.6. The average molecular weight is 1050 g/mol. The molecule has 0 aromatic rings. The lowest BCUT2D eigenvalue weighted by atomic mass is 10.0. The molecule has 0 spiro atoms. The highest BCUT2D eigenvalue weighted by Crippen LogP contribution is 2.18. The van der Waals surface area contributed by atoms with Crippen LogP contribution in [0.3, 0.4) is 0 Å². The van der Waals surface area contributed by atoms with Crippen LogP contribution in [-0.2, 0) is 28.6 Å². The van der Waals surface area contributed by atoms with Gasteiger partial charge in [-0.15, -0.1) is 0 Å². The maximum Gasteiger partial charge on any atom is 0.306 e. The molecule has 0 N–H and O–H groups in total. The van der Waals surface area contributed by atoms with Gasteiger partial charge in [0.1, 0.15) is 13.2 Å². The fourth-order valence-electron chi connectivity index (χ4n) is 9.65. The van der Waals surface area contributed by atoms with Crippen molar-refractivity contribution >= 4 is 17.9 Å². The zero-order valence-electron chi connectivity index (χ0n) is 50.1. The second kappa shape index (κ2) is 63.6.